The van der Waals surface area contributed by atoms with E-state index < -0.39 is 0 Å². The first kappa shape index (κ1) is 17.0. The van der Waals surface area contributed by atoms with Crippen molar-refractivity contribution in [3.63, 3.8) is 0 Å². The summed E-state index contributed by atoms with van der Waals surface area (Å²) in [6.07, 6.45) is 4.10. The zero-order valence-electron chi connectivity index (χ0n) is 13.5. The van der Waals surface area contributed by atoms with Crippen molar-refractivity contribution in [3.8, 4) is 0 Å². The van der Waals surface area contributed by atoms with E-state index in [2.05, 4.69) is 15.6 Å². The Morgan fingerprint density at radius 2 is 1.70 bits per heavy atom. The van der Waals surface area contributed by atoms with Gasteiger partial charge in [0.25, 0.3) is 5.91 Å². The predicted octanol–water partition coefficient (Wildman–Crippen LogP) is 2.96. The minimum Gasteiger partial charge on any atom is -0.396 e. The van der Waals surface area contributed by atoms with E-state index in [0.717, 1.165) is 11.4 Å². The number of carbonyl (C=O) groups excluding carboxylic acids is 1. The van der Waals surface area contributed by atoms with E-state index in [1.54, 1.807) is 24.5 Å². The van der Waals surface area contributed by atoms with Gasteiger partial charge in [0.05, 0.1) is 0 Å². The Labute approximate surface area is 136 Å². The second-order valence-electron chi connectivity index (χ2n) is 6.26. The average molecular weight is 313 g/mol. The summed E-state index contributed by atoms with van der Waals surface area (Å²) in [5.74, 6) is -0.105. The van der Waals surface area contributed by atoms with Gasteiger partial charge in [-0.1, -0.05) is 13.8 Å². The zero-order valence-corrected chi connectivity index (χ0v) is 13.5. The maximum absolute atomic E-state index is 12.2. The van der Waals surface area contributed by atoms with E-state index in [1.807, 2.05) is 38.1 Å². The quantitative estimate of drug-likeness (QED) is 0.734. The maximum atomic E-state index is 12.2. The number of nitrogens with one attached hydrogen (secondary N) is 2. The molecule has 0 atom stereocenters. The highest BCUT2D eigenvalue weighted by Crippen LogP contribution is 2.19. The molecule has 0 fully saturated rings. The van der Waals surface area contributed by atoms with Gasteiger partial charge >= 0.3 is 0 Å². The number of hydrogen-bond acceptors (Lipinski definition) is 4. The topological polar surface area (TPSA) is 74.2 Å². The Hall–Kier alpha value is -2.40. The van der Waals surface area contributed by atoms with E-state index in [4.69, 9.17) is 5.11 Å². The van der Waals surface area contributed by atoms with Crippen molar-refractivity contribution in [2.24, 2.45) is 5.41 Å². The minimum atomic E-state index is -0.118. The number of anilines is 2. The summed E-state index contributed by atoms with van der Waals surface area (Å²) in [5.41, 5.74) is 2.36. The summed E-state index contributed by atoms with van der Waals surface area (Å²) in [6.45, 7) is 4.69. The van der Waals surface area contributed by atoms with E-state index in [-0.39, 0.29) is 17.9 Å². The van der Waals surface area contributed by atoms with Crippen molar-refractivity contribution in [1.82, 2.24) is 10.3 Å². The molecule has 0 aliphatic heterocycles. The third-order valence-corrected chi connectivity index (χ3v) is 3.63. The number of benzene rings is 1. The number of hydrogen-bond donors (Lipinski definition) is 3. The van der Waals surface area contributed by atoms with E-state index in [9.17, 15) is 4.79 Å². The molecule has 0 unspecified atom stereocenters. The summed E-state index contributed by atoms with van der Waals surface area (Å²) in [6, 6.07) is 11.1. The molecule has 0 aliphatic rings. The average Bonchev–Trinajstić information content (AvgIpc) is 2.54. The Kier molecular flexibility index (Phi) is 5.71. The Morgan fingerprint density at radius 3 is 2.30 bits per heavy atom. The van der Waals surface area contributed by atoms with Crippen LogP contribution in [0.1, 0.15) is 30.6 Å². The van der Waals surface area contributed by atoms with Gasteiger partial charge in [0.1, 0.15) is 0 Å². The molecule has 0 bridgehead atoms. The fourth-order valence-electron chi connectivity index (χ4n) is 2.12. The first-order valence-corrected chi connectivity index (χ1v) is 7.66. The molecule has 5 heteroatoms. The van der Waals surface area contributed by atoms with Crippen molar-refractivity contribution in [1.29, 1.82) is 0 Å². The fraction of sp³-hybridized carbons (Fsp3) is 0.333. The molecule has 1 heterocycles. The SMILES string of the molecule is CC(C)(CCO)CNC(=O)c1ccc(Nc2ccncc2)cc1. The molecule has 1 aromatic carbocycles. The highest BCUT2D eigenvalue weighted by atomic mass is 16.3. The van der Waals surface area contributed by atoms with Gasteiger partial charge in [-0.2, -0.15) is 0 Å². The third kappa shape index (κ3) is 5.38. The van der Waals surface area contributed by atoms with Crippen LogP contribution in [-0.4, -0.2) is 29.1 Å². The molecule has 0 saturated carbocycles. The molecule has 1 aromatic heterocycles. The number of aliphatic hydroxyl groups excluding tert-OH is 1. The van der Waals surface area contributed by atoms with Gasteiger partial charge in [-0.05, 0) is 48.2 Å². The van der Waals surface area contributed by atoms with Gasteiger partial charge in [-0.3, -0.25) is 9.78 Å². The third-order valence-electron chi connectivity index (χ3n) is 3.63. The van der Waals surface area contributed by atoms with Crippen LogP contribution in [0.15, 0.2) is 48.8 Å². The molecule has 2 aromatic rings. The summed E-state index contributed by atoms with van der Waals surface area (Å²) in [4.78, 5) is 16.1. The number of aliphatic hydroxyl groups is 1. The van der Waals surface area contributed by atoms with Crippen LogP contribution in [0.4, 0.5) is 11.4 Å². The molecular weight excluding hydrogens is 290 g/mol. The van der Waals surface area contributed by atoms with Crippen molar-refractivity contribution < 1.29 is 9.90 Å². The number of pyridine rings is 1. The lowest BCUT2D eigenvalue weighted by Crippen LogP contribution is -2.34. The van der Waals surface area contributed by atoms with Gasteiger partial charge in [-0.25, -0.2) is 0 Å². The van der Waals surface area contributed by atoms with Crippen molar-refractivity contribution in [2.45, 2.75) is 20.3 Å². The van der Waals surface area contributed by atoms with Crippen molar-refractivity contribution >= 4 is 17.3 Å². The summed E-state index contributed by atoms with van der Waals surface area (Å²) in [5, 5.41) is 15.2. The van der Waals surface area contributed by atoms with Crippen LogP contribution >= 0.6 is 0 Å². The van der Waals surface area contributed by atoms with Crippen LogP contribution in [0, 0.1) is 5.41 Å². The van der Waals surface area contributed by atoms with Crippen LogP contribution in [0.5, 0.6) is 0 Å². The number of amides is 1. The molecule has 0 radical (unpaired) electrons. The lowest BCUT2D eigenvalue weighted by molar-refractivity contribution is 0.0928. The van der Waals surface area contributed by atoms with Crippen molar-refractivity contribution in [3.05, 3.63) is 54.4 Å². The molecule has 0 aliphatic carbocycles. The van der Waals surface area contributed by atoms with Gasteiger partial charge in [-0.15, -0.1) is 0 Å². The second-order valence-corrected chi connectivity index (χ2v) is 6.26. The van der Waals surface area contributed by atoms with Crippen LogP contribution in [0.2, 0.25) is 0 Å². The van der Waals surface area contributed by atoms with E-state index in [0.29, 0.717) is 18.5 Å². The molecule has 122 valence electrons. The van der Waals surface area contributed by atoms with Gasteiger partial charge in [0.15, 0.2) is 0 Å². The number of rotatable bonds is 7. The maximum Gasteiger partial charge on any atom is 0.251 e. The molecule has 2 rings (SSSR count). The summed E-state index contributed by atoms with van der Waals surface area (Å²) >= 11 is 0. The standard InChI is InChI=1S/C18H23N3O2/c1-18(2,9-12-22)13-20-17(23)14-3-5-15(6-4-14)21-16-7-10-19-11-8-16/h3-8,10-11,22H,9,12-13H2,1-2H3,(H,19,21)(H,20,23). The summed E-state index contributed by atoms with van der Waals surface area (Å²) in [7, 11) is 0. The molecule has 3 N–H and O–H groups in total. The molecule has 0 spiro atoms. The van der Waals surface area contributed by atoms with Gasteiger partial charge < -0.3 is 15.7 Å². The van der Waals surface area contributed by atoms with E-state index >= 15 is 0 Å². The lowest BCUT2D eigenvalue weighted by Gasteiger charge is -2.23. The second kappa shape index (κ2) is 7.74. The first-order chi connectivity index (χ1) is 11.0. The van der Waals surface area contributed by atoms with Gasteiger partial charge in [0, 0.05) is 42.5 Å². The monoisotopic (exact) mass is 313 g/mol. The van der Waals surface area contributed by atoms with Gasteiger partial charge in [0.2, 0.25) is 0 Å². The normalized spacial score (nSPS) is 11.1. The van der Waals surface area contributed by atoms with Crippen LogP contribution in [0.3, 0.4) is 0 Å². The van der Waals surface area contributed by atoms with Crippen LogP contribution < -0.4 is 10.6 Å². The number of carbonyl (C=O) groups is 1. The fourth-order valence-corrected chi connectivity index (χ4v) is 2.12. The smallest absolute Gasteiger partial charge is 0.251 e. The molecule has 23 heavy (non-hydrogen) atoms. The van der Waals surface area contributed by atoms with Crippen LogP contribution in [0.25, 0.3) is 0 Å². The predicted molar refractivity (Wildman–Crippen MR) is 91.8 cm³/mol. The Balaban J connectivity index is 1.92. The van der Waals surface area contributed by atoms with E-state index in [1.165, 1.54) is 0 Å². The minimum absolute atomic E-state index is 0.105. The highest BCUT2D eigenvalue weighted by Gasteiger charge is 2.18. The first-order valence-electron chi connectivity index (χ1n) is 7.66. The lowest BCUT2D eigenvalue weighted by atomic mass is 9.89. The zero-order chi connectivity index (χ0) is 16.7. The molecule has 0 saturated heterocycles. The Morgan fingerprint density at radius 1 is 1.09 bits per heavy atom. The molecule has 5 nitrogen and oxygen atoms in total. The highest BCUT2D eigenvalue weighted by molar-refractivity contribution is 5.94. The molecular formula is C18H23N3O2. The van der Waals surface area contributed by atoms with Crippen molar-refractivity contribution in [2.75, 3.05) is 18.5 Å². The Bertz CT molecular complexity index is 624. The molecule has 1 amide bonds. The summed E-state index contributed by atoms with van der Waals surface area (Å²) < 4.78 is 0. The number of aromatic nitrogens is 1. The number of nitrogens with zero attached hydrogens (tertiary/aromatic N) is 1. The van der Waals surface area contributed by atoms with Crippen LogP contribution in [-0.2, 0) is 0 Å². The largest absolute Gasteiger partial charge is 0.396 e.